The number of ether oxygens (including phenoxy) is 2. The van der Waals surface area contributed by atoms with Crippen molar-refractivity contribution in [2.75, 3.05) is 35.7 Å². The molecular formula is C19H20ClN3O4. The molecule has 0 aliphatic carbocycles. The predicted molar refractivity (Wildman–Crippen MR) is 105 cm³/mol. The number of rotatable bonds is 3. The third kappa shape index (κ3) is 3.78. The number of nitrogens with one attached hydrogen (secondary N) is 1. The topological polar surface area (TPSA) is 93.9 Å². The Labute approximate surface area is 162 Å². The molecule has 1 atom stereocenters. The Morgan fingerprint density at radius 1 is 1.11 bits per heavy atom. The van der Waals surface area contributed by atoms with E-state index in [1.807, 2.05) is 0 Å². The van der Waals surface area contributed by atoms with Crippen LogP contribution in [0.4, 0.5) is 17.1 Å². The summed E-state index contributed by atoms with van der Waals surface area (Å²) >= 11 is 0. The maximum Gasteiger partial charge on any atom is 0.229 e. The van der Waals surface area contributed by atoms with Gasteiger partial charge in [-0.3, -0.25) is 9.59 Å². The zero-order chi connectivity index (χ0) is 18.1. The van der Waals surface area contributed by atoms with Gasteiger partial charge >= 0.3 is 0 Å². The molecule has 2 aromatic carbocycles. The largest absolute Gasteiger partial charge is 0.486 e. The number of anilines is 3. The van der Waals surface area contributed by atoms with Crippen LogP contribution in [-0.2, 0) is 9.59 Å². The van der Waals surface area contributed by atoms with Crippen LogP contribution in [0.25, 0.3) is 0 Å². The third-order valence-corrected chi connectivity index (χ3v) is 4.55. The zero-order valence-corrected chi connectivity index (χ0v) is 15.3. The molecule has 2 aromatic rings. The van der Waals surface area contributed by atoms with Crippen molar-refractivity contribution in [1.29, 1.82) is 0 Å². The molecule has 142 valence electrons. The van der Waals surface area contributed by atoms with Crippen LogP contribution < -0.4 is 25.4 Å². The first-order valence-electron chi connectivity index (χ1n) is 8.47. The molecule has 2 amide bonds. The highest BCUT2D eigenvalue weighted by atomic mass is 35.5. The van der Waals surface area contributed by atoms with Gasteiger partial charge < -0.3 is 25.4 Å². The third-order valence-electron chi connectivity index (χ3n) is 4.55. The monoisotopic (exact) mass is 389 g/mol. The first kappa shape index (κ1) is 18.8. The number of benzene rings is 2. The summed E-state index contributed by atoms with van der Waals surface area (Å²) in [5.74, 6) is 0.543. The highest BCUT2D eigenvalue weighted by Gasteiger charge is 2.35. The maximum absolute atomic E-state index is 12.5. The molecule has 2 aliphatic heterocycles. The van der Waals surface area contributed by atoms with E-state index in [9.17, 15) is 9.59 Å². The minimum Gasteiger partial charge on any atom is -0.486 e. The number of hydrogen-bond donors (Lipinski definition) is 2. The number of para-hydroxylation sites is 2. The molecular weight excluding hydrogens is 370 g/mol. The highest BCUT2D eigenvalue weighted by molar-refractivity contribution is 6.04. The molecule has 0 saturated carbocycles. The number of hydrogen-bond acceptors (Lipinski definition) is 5. The lowest BCUT2D eigenvalue weighted by molar-refractivity contribution is -0.122. The molecule has 1 saturated heterocycles. The van der Waals surface area contributed by atoms with E-state index in [4.69, 9.17) is 15.2 Å². The number of amides is 2. The molecule has 0 bridgehead atoms. The van der Waals surface area contributed by atoms with E-state index in [1.165, 1.54) is 0 Å². The quantitative estimate of drug-likeness (QED) is 0.786. The fourth-order valence-electron chi connectivity index (χ4n) is 3.18. The summed E-state index contributed by atoms with van der Waals surface area (Å²) in [5, 5.41) is 2.81. The number of nitrogen functional groups attached to an aromatic ring is 1. The predicted octanol–water partition coefficient (Wildman–Crippen LogP) is 2.45. The number of fused-ring (bicyclic) bond motifs is 1. The van der Waals surface area contributed by atoms with Crippen LogP contribution in [0.2, 0.25) is 0 Å². The molecule has 3 N–H and O–H groups in total. The lowest BCUT2D eigenvalue weighted by Crippen LogP contribution is -2.28. The Morgan fingerprint density at radius 3 is 2.63 bits per heavy atom. The van der Waals surface area contributed by atoms with Crippen molar-refractivity contribution in [3.05, 3.63) is 42.5 Å². The minimum absolute atomic E-state index is 0. The Hall–Kier alpha value is -2.93. The number of halogens is 1. The lowest BCUT2D eigenvalue weighted by atomic mass is 10.1. The van der Waals surface area contributed by atoms with E-state index in [1.54, 1.807) is 47.4 Å². The summed E-state index contributed by atoms with van der Waals surface area (Å²) in [5.41, 5.74) is 7.62. The van der Waals surface area contributed by atoms with Crippen LogP contribution in [0.1, 0.15) is 6.42 Å². The van der Waals surface area contributed by atoms with Crippen molar-refractivity contribution >= 4 is 41.3 Å². The van der Waals surface area contributed by atoms with Crippen LogP contribution >= 0.6 is 12.4 Å². The molecule has 2 aliphatic rings. The van der Waals surface area contributed by atoms with Crippen LogP contribution in [-0.4, -0.2) is 31.6 Å². The molecule has 27 heavy (non-hydrogen) atoms. The number of nitrogens with zero attached hydrogens (tertiary/aromatic N) is 1. The van der Waals surface area contributed by atoms with Crippen molar-refractivity contribution in [3.8, 4) is 11.5 Å². The minimum atomic E-state index is -0.435. The summed E-state index contributed by atoms with van der Waals surface area (Å²) in [6, 6.07) is 12.4. The molecule has 0 radical (unpaired) electrons. The summed E-state index contributed by atoms with van der Waals surface area (Å²) in [6.45, 7) is 1.31. The molecule has 7 nitrogen and oxygen atoms in total. The highest BCUT2D eigenvalue weighted by Crippen LogP contribution is 2.36. The fourth-order valence-corrected chi connectivity index (χ4v) is 3.18. The Balaban J connectivity index is 0.00000210. The summed E-state index contributed by atoms with van der Waals surface area (Å²) < 4.78 is 11.1. The first-order valence-corrected chi connectivity index (χ1v) is 8.47. The van der Waals surface area contributed by atoms with Crippen molar-refractivity contribution in [3.63, 3.8) is 0 Å². The van der Waals surface area contributed by atoms with Crippen molar-refractivity contribution in [1.82, 2.24) is 0 Å². The molecule has 0 aromatic heterocycles. The molecule has 0 spiro atoms. The molecule has 1 fully saturated rings. The lowest BCUT2D eigenvalue weighted by Gasteiger charge is -2.22. The second-order valence-corrected chi connectivity index (χ2v) is 6.31. The first-order chi connectivity index (χ1) is 12.6. The van der Waals surface area contributed by atoms with Gasteiger partial charge in [0.05, 0.1) is 17.3 Å². The van der Waals surface area contributed by atoms with Crippen LogP contribution in [0, 0.1) is 5.92 Å². The Kier molecular flexibility index (Phi) is 5.41. The van der Waals surface area contributed by atoms with E-state index < -0.39 is 5.92 Å². The van der Waals surface area contributed by atoms with Gasteiger partial charge in [-0.25, -0.2) is 0 Å². The second-order valence-electron chi connectivity index (χ2n) is 6.31. The van der Waals surface area contributed by atoms with Crippen molar-refractivity contribution < 1.29 is 19.1 Å². The normalized spacial score (nSPS) is 18.0. The van der Waals surface area contributed by atoms with Gasteiger partial charge in [0.1, 0.15) is 13.2 Å². The summed E-state index contributed by atoms with van der Waals surface area (Å²) in [7, 11) is 0. The maximum atomic E-state index is 12.5. The average molecular weight is 390 g/mol. The van der Waals surface area contributed by atoms with Gasteiger partial charge in [-0.1, -0.05) is 12.1 Å². The second kappa shape index (κ2) is 7.75. The van der Waals surface area contributed by atoms with Gasteiger partial charge in [-0.2, -0.15) is 0 Å². The SMILES string of the molecule is Cl.Nc1ccccc1NC(=O)C1CC(=O)N(c2ccc3c(c2)OCCO3)C1. The van der Waals surface area contributed by atoms with Crippen molar-refractivity contribution in [2.45, 2.75) is 6.42 Å². The molecule has 1 unspecified atom stereocenters. The van der Waals surface area contributed by atoms with Gasteiger partial charge in [0.2, 0.25) is 11.8 Å². The van der Waals surface area contributed by atoms with Crippen LogP contribution in [0.15, 0.2) is 42.5 Å². The standard InChI is InChI=1S/C19H19N3O4.ClH/c20-14-3-1-2-4-15(14)21-19(24)12-9-18(23)22(11-12)13-5-6-16-17(10-13)26-8-7-25-16;/h1-6,10,12H,7-9,11,20H2,(H,21,24);1H. The Morgan fingerprint density at radius 2 is 1.85 bits per heavy atom. The van der Waals surface area contributed by atoms with E-state index in [0.717, 1.165) is 0 Å². The number of carbonyl (C=O) groups is 2. The van der Waals surface area contributed by atoms with E-state index in [2.05, 4.69) is 5.32 Å². The van der Waals surface area contributed by atoms with Gasteiger partial charge in [0.15, 0.2) is 11.5 Å². The van der Waals surface area contributed by atoms with Gasteiger partial charge in [0, 0.05) is 24.7 Å². The van der Waals surface area contributed by atoms with Gasteiger partial charge in [0.25, 0.3) is 0 Å². The smallest absolute Gasteiger partial charge is 0.229 e. The fraction of sp³-hybridized carbons (Fsp3) is 0.263. The average Bonchev–Trinajstić information content (AvgIpc) is 3.05. The zero-order valence-electron chi connectivity index (χ0n) is 14.5. The number of nitrogens with two attached hydrogens (primary N) is 1. The van der Waals surface area contributed by atoms with E-state index in [0.29, 0.717) is 48.3 Å². The van der Waals surface area contributed by atoms with E-state index in [-0.39, 0.29) is 30.6 Å². The summed E-state index contributed by atoms with van der Waals surface area (Å²) in [4.78, 5) is 26.6. The molecule has 8 heteroatoms. The summed E-state index contributed by atoms with van der Waals surface area (Å²) in [6.07, 6.45) is 0.160. The molecule has 2 heterocycles. The van der Waals surface area contributed by atoms with Gasteiger partial charge in [-0.15, -0.1) is 12.4 Å². The molecule has 4 rings (SSSR count). The van der Waals surface area contributed by atoms with Crippen LogP contribution in [0.3, 0.4) is 0 Å². The number of carbonyl (C=O) groups excluding carboxylic acids is 2. The Bertz CT molecular complexity index is 874. The van der Waals surface area contributed by atoms with Gasteiger partial charge in [-0.05, 0) is 24.3 Å². The van der Waals surface area contributed by atoms with Crippen LogP contribution in [0.5, 0.6) is 11.5 Å². The van der Waals surface area contributed by atoms with Crippen molar-refractivity contribution in [2.24, 2.45) is 5.92 Å². The van der Waals surface area contributed by atoms with E-state index >= 15 is 0 Å².